The van der Waals surface area contributed by atoms with Crippen LogP contribution in [0.25, 0.3) is 0 Å². The molecule has 1 heterocycles. The standard InChI is InChI=1S/C6H8O8.C4H7N3O/c7-3(8)1-6(12,5(10)11)2-4(9)14-13;1-7-2-3(8)6-4(7)5/h12-13H,1-2H2,(H,7,8)(H,10,11);2H2,1H3,(H2,5,6,8). The molecule has 0 aromatic rings. The highest BCUT2D eigenvalue weighted by atomic mass is 17.1. The first-order valence-corrected chi connectivity index (χ1v) is 5.63. The third-order valence-electron chi connectivity index (χ3n) is 2.40. The van der Waals surface area contributed by atoms with Crippen molar-refractivity contribution in [2.45, 2.75) is 18.4 Å². The highest BCUT2D eigenvalue weighted by molar-refractivity contribution is 6.02. The summed E-state index contributed by atoms with van der Waals surface area (Å²) >= 11 is 0. The molecule has 1 atom stereocenters. The number of carbonyl (C=O) groups excluding carboxylic acids is 2. The molecular weight excluding hydrogens is 306 g/mol. The molecule has 0 radical (unpaired) electrons. The molecule has 0 aromatic carbocycles. The van der Waals surface area contributed by atoms with Crippen LogP contribution in [0.15, 0.2) is 0 Å². The average molecular weight is 321 g/mol. The van der Waals surface area contributed by atoms with Crippen LogP contribution < -0.4 is 5.32 Å². The molecular formula is C10H15N3O9. The van der Waals surface area contributed by atoms with Crippen molar-refractivity contribution in [1.82, 2.24) is 10.2 Å². The van der Waals surface area contributed by atoms with E-state index in [1.165, 1.54) is 0 Å². The number of hydrogen-bond acceptors (Lipinski definition) is 8. The number of carbonyl (C=O) groups is 4. The summed E-state index contributed by atoms with van der Waals surface area (Å²) in [4.78, 5) is 46.0. The van der Waals surface area contributed by atoms with Gasteiger partial charge in [0.25, 0.3) is 0 Å². The van der Waals surface area contributed by atoms with Crippen molar-refractivity contribution in [3.05, 3.63) is 0 Å². The van der Waals surface area contributed by atoms with Crippen LogP contribution in [-0.4, -0.2) is 74.4 Å². The molecule has 1 aliphatic heterocycles. The zero-order chi connectivity index (χ0) is 17.5. The third kappa shape index (κ3) is 6.15. The van der Waals surface area contributed by atoms with Gasteiger partial charge >= 0.3 is 17.9 Å². The first-order valence-electron chi connectivity index (χ1n) is 5.63. The second-order valence-electron chi connectivity index (χ2n) is 4.30. The summed E-state index contributed by atoms with van der Waals surface area (Å²) in [5.41, 5.74) is -2.77. The van der Waals surface area contributed by atoms with E-state index < -0.39 is 36.4 Å². The Morgan fingerprint density at radius 3 is 2.14 bits per heavy atom. The summed E-state index contributed by atoms with van der Waals surface area (Å²) in [7, 11) is 1.69. The van der Waals surface area contributed by atoms with Gasteiger partial charge < -0.3 is 25.1 Å². The Bertz CT molecular complexity index is 492. The number of nitrogens with zero attached hydrogens (tertiary/aromatic N) is 1. The van der Waals surface area contributed by atoms with Crippen molar-refractivity contribution in [1.29, 1.82) is 5.41 Å². The van der Waals surface area contributed by atoms with Gasteiger partial charge in [0, 0.05) is 7.05 Å². The third-order valence-corrected chi connectivity index (χ3v) is 2.40. The van der Waals surface area contributed by atoms with E-state index in [9.17, 15) is 19.2 Å². The molecule has 1 unspecified atom stereocenters. The number of nitrogens with one attached hydrogen (secondary N) is 2. The van der Waals surface area contributed by atoms with Crippen LogP contribution in [-0.2, 0) is 24.1 Å². The van der Waals surface area contributed by atoms with Crippen LogP contribution in [0.1, 0.15) is 12.8 Å². The van der Waals surface area contributed by atoms with E-state index in [0.717, 1.165) is 0 Å². The van der Waals surface area contributed by atoms with Crippen molar-refractivity contribution in [3.63, 3.8) is 0 Å². The van der Waals surface area contributed by atoms with Crippen molar-refractivity contribution in [3.8, 4) is 0 Å². The van der Waals surface area contributed by atoms with Gasteiger partial charge in [-0.1, -0.05) is 0 Å². The Morgan fingerprint density at radius 1 is 1.36 bits per heavy atom. The molecule has 1 rings (SSSR count). The van der Waals surface area contributed by atoms with Gasteiger partial charge in [0.1, 0.15) is 0 Å². The minimum Gasteiger partial charge on any atom is -0.481 e. The van der Waals surface area contributed by atoms with Crippen molar-refractivity contribution in [2.24, 2.45) is 0 Å². The molecule has 1 saturated heterocycles. The van der Waals surface area contributed by atoms with Crippen LogP contribution >= 0.6 is 0 Å². The highest BCUT2D eigenvalue weighted by Gasteiger charge is 2.41. The number of rotatable bonds is 5. The van der Waals surface area contributed by atoms with Crippen molar-refractivity contribution in [2.75, 3.05) is 13.6 Å². The van der Waals surface area contributed by atoms with Gasteiger partial charge in [-0.25, -0.2) is 9.59 Å². The molecule has 12 heteroatoms. The van der Waals surface area contributed by atoms with Gasteiger partial charge in [-0.15, -0.1) is 0 Å². The molecule has 0 aliphatic carbocycles. The number of likely N-dealkylation sites (N-methyl/N-ethyl adjacent to an activating group) is 1. The molecule has 0 spiro atoms. The van der Waals surface area contributed by atoms with Gasteiger partial charge in [0.2, 0.25) is 5.91 Å². The number of carboxylic acids is 2. The Morgan fingerprint density at radius 2 is 1.91 bits per heavy atom. The van der Waals surface area contributed by atoms with E-state index in [-0.39, 0.29) is 11.9 Å². The van der Waals surface area contributed by atoms with Crippen molar-refractivity contribution < 1.29 is 44.6 Å². The minimum absolute atomic E-state index is 0.0995. The minimum atomic E-state index is -2.77. The predicted molar refractivity (Wildman–Crippen MR) is 66.7 cm³/mol. The molecule has 0 aromatic heterocycles. The zero-order valence-corrected chi connectivity index (χ0v) is 11.4. The Hall–Kier alpha value is -2.73. The molecule has 0 saturated carbocycles. The van der Waals surface area contributed by atoms with Crippen LogP contribution in [0.5, 0.6) is 0 Å². The van der Waals surface area contributed by atoms with E-state index in [4.69, 9.17) is 26.0 Å². The largest absolute Gasteiger partial charge is 0.481 e. The van der Waals surface area contributed by atoms with Gasteiger partial charge in [0.15, 0.2) is 11.6 Å². The summed E-state index contributed by atoms with van der Waals surface area (Å²) in [5, 5.41) is 43.0. The number of hydrogen-bond donors (Lipinski definition) is 6. The fourth-order valence-corrected chi connectivity index (χ4v) is 1.30. The summed E-state index contributed by atoms with van der Waals surface area (Å²) in [6, 6.07) is 0. The molecule has 124 valence electrons. The van der Waals surface area contributed by atoms with E-state index in [1.807, 2.05) is 0 Å². The van der Waals surface area contributed by atoms with E-state index in [1.54, 1.807) is 11.9 Å². The average Bonchev–Trinajstić information content (AvgIpc) is 2.65. The predicted octanol–water partition coefficient (Wildman–Crippen LogP) is -2.33. The molecule has 12 nitrogen and oxygen atoms in total. The van der Waals surface area contributed by atoms with E-state index in [2.05, 4.69) is 10.2 Å². The van der Waals surface area contributed by atoms with Gasteiger partial charge in [-0.3, -0.25) is 20.3 Å². The smallest absolute Gasteiger partial charge is 0.345 e. The lowest BCUT2D eigenvalue weighted by Gasteiger charge is -2.18. The monoisotopic (exact) mass is 321 g/mol. The summed E-state index contributed by atoms with van der Waals surface area (Å²) in [6.07, 6.45) is -2.32. The van der Waals surface area contributed by atoms with Gasteiger partial charge in [-0.2, -0.15) is 5.26 Å². The SMILES string of the molecule is CN1CC(=O)NC1=N.O=C(O)CC(O)(CC(=O)OO)C(=O)O. The molecule has 22 heavy (non-hydrogen) atoms. The fourth-order valence-electron chi connectivity index (χ4n) is 1.30. The van der Waals surface area contributed by atoms with E-state index >= 15 is 0 Å². The summed E-state index contributed by atoms with van der Waals surface area (Å²) in [6.45, 7) is 0.318. The van der Waals surface area contributed by atoms with Gasteiger partial charge in [-0.05, 0) is 0 Å². The number of aliphatic carboxylic acids is 2. The maximum Gasteiger partial charge on any atom is 0.345 e. The number of aliphatic hydroxyl groups is 1. The lowest BCUT2D eigenvalue weighted by molar-refractivity contribution is -0.238. The maximum absolute atomic E-state index is 10.4. The van der Waals surface area contributed by atoms with E-state index in [0.29, 0.717) is 6.54 Å². The maximum atomic E-state index is 10.4. The normalized spacial score (nSPS) is 16.0. The van der Waals surface area contributed by atoms with Gasteiger partial charge in [0.05, 0.1) is 19.4 Å². The van der Waals surface area contributed by atoms with Crippen LogP contribution in [0.3, 0.4) is 0 Å². The Labute approximate surface area is 123 Å². The molecule has 1 aliphatic rings. The number of guanidine groups is 1. The summed E-state index contributed by atoms with van der Waals surface area (Å²) in [5.74, 6) is -4.82. The lowest BCUT2D eigenvalue weighted by atomic mass is 9.96. The first kappa shape index (κ1) is 19.3. The molecule has 0 bridgehead atoms. The van der Waals surface area contributed by atoms with Crippen LogP contribution in [0, 0.1) is 5.41 Å². The van der Waals surface area contributed by atoms with Crippen molar-refractivity contribution >= 4 is 29.8 Å². The second-order valence-corrected chi connectivity index (χ2v) is 4.30. The molecule has 6 N–H and O–H groups in total. The van der Waals surface area contributed by atoms with Crippen LogP contribution in [0.2, 0.25) is 0 Å². The number of carboxylic acid groups (broad SMARTS) is 2. The Balaban J connectivity index is 0.000000461. The Kier molecular flexibility index (Phi) is 6.92. The number of amides is 1. The highest BCUT2D eigenvalue weighted by Crippen LogP contribution is 2.16. The first-order chi connectivity index (χ1) is 10.0. The quantitative estimate of drug-likeness (QED) is 0.236. The summed E-state index contributed by atoms with van der Waals surface area (Å²) < 4.78 is 0. The molecule has 1 fully saturated rings. The van der Waals surface area contributed by atoms with Crippen LogP contribution in [0.4, 0.5) is 0 Å². The molecule has 1 amide bonds. The fraction of sp³-hybridized carbons (Fsp3) is 0.500. The topological polar surface area (TPSA) is 198 Å². The zero-order valence-electron chi connectivity index (χ0n) is 11.4. The second kappa shape index (κ2) is 7.90. The lowest BCUT2D eigenvalue weighted by Crippen LogP contribution is -2.43.